The summed E-state index contributed by atoms with van der Waals surface area (Å²) in [6.45, 7) is 1.87. The van der Waals surface area contributed by atoms with Crippen LogP contribution in [0.4, 0.5) is 56.8 Å². The first-order valence-electron chi connectivity index (χ1n) is 17.5. The number of anilines is 3. The fourth-order valence-electron chi connectivity index (χ4n) is 5.04. The highest BCUT2D eigenvalue weighted by molar-refractivity contribution is 9.10. The normalized spacial score (nSPS) is 16.8. The maximum Gasteiger partial charge on any atom is 0.449 e. The Morgan fingerprint density at radius 3 is 1.54 bits per heavy atom. The van der Waals surface area contributed by atoms with Crippen LogP contribution in [0.15, 0.2) is 78.7 Å². The standard InChI is InChI=1S/C13H9ClF3N5O2.C9H5BrClF3N2O2.C6H4BrClN2O2.C4H5N3.C3H3F3O/c1-12(13(15,16)17)21-10(23)9-6(14)4-7(11(24)22(9)12)20-8-2-3-18-5-19-8;1-8(9(12,13)14)15-6(17)5-4(11)2-3(10)7(18)16(5)8;7-2-1-3(8)4(5(9)11)10-6(2)12;5-4-1-2-6-3-7-4;1-2(7)3(4,5)6/h2-5H,1H3,(H,21,23)(H,18,19,20);2H,1H3,(H,15,17);1H,(H2,9,11)(H,10,12);1-3H,(H2,5,6,7);1H3. The highest BCUT2D eigenvalue weighted by Crippen LogP contribution is 2.41. The molecule has 0 aromatic carbocycles. The van der Waals surface area contributed by atoms with Crippen LogP contribution in [0.25, 0.3) is 0 Å². The first-order valence-corrected chi connectivity index (χ1v) is 20.2. The molecule has 2 unspecified atom stereocenters. The van der Waals surface area contributed by atoms with Crippen molar-refractivity contribution in [3.8, 4) is 0 Å². The molecule has 5 aromatic rings. The average Bonchev–Trinajstić information content (AvgIpc) is 3.68. The summed E-state index contributed by atoms with van der Waals surface area (Å²) in [5.74, 6) is -3.94. The highest BCUT2D eigenvalue weighted by atomic mass is 79.9. The molecule has 366 valence electrons. The van der Waals surface area contributed by atoms with Crippen LogP contribution < -0.4 is 44.1 Å². The zero-order chi connectivity index (χ0) is 52.1. The molecule has 8 N–H and O–H groups in total. The van der Waals surface area contributed by atoms with Crippen molar-refractivity contribution in [3.63, 3.8) is 0 Å². The van der Waals surface area contributed by atoms with Crippen LogP contribution >= 0.6 is 66.7 Å². The van der Waals surface area contributed by atoms with Crippen LogP contribution in [-0.2, 0) is 16.1 Å². The second kappa shape index (κ2) is 21.5. The highest BCUT2D eigenvalue weighted by Gasteiger charge is 2.60. The summed E-state index contributed by atoms with van der Waals surface area (Å²) in [6, 6.07) is 6.55. The van der Waals surface area contributed by atoms with E-state index in [2.05, 4.69) is 62.1 Å². The van der Waals surface area contributed by atoms with E-state index in [0.717, 1.165) is 12.1 Å². The molecule has 0 saturated heterocycles. The van der Waals surface area contributed by atoms with Crippen molar-refractivity contribution < 1.29 is 58.7 Å². The molecule has 3 amide bonds. The predicted octanol–water partition coefficient (Wildman–Crippen LogP) is 6.34. The molecule has 2 aliphatic heterocycles. The fourth-order valence-corrected chi connectivity index (χ4v) is 6.84. The number of nitrogens with zero attached hydrogens (tertiary/aromatic N) is 6. The summed E-state index contributed by atoms with van der Waals surface area (Å²) >= 11 is 23.0. The molecule has 0 spiro atoms. The molecule has 7 heterocycles. The fraction of sp³-hybridized carbons (Fsp3) is 0.229. The van der Waals surface area contributed by atoms with E-state index in [1.807, 2.05) is 0 Å². The number of pyridine rings is 3. The molecule has 0 saturated carbocycles. The summed E-state index contributed by atoms with van der Waals surface area (Å²) in [4.78, 5) is 95.7. The Kier molecular flexibility index (Phi) is 17.7. The van der Waals surface area contributed by atoms with Crippen molar-refractivity contribution in [1.29, 1.82) is 0 Å². The molecular formula is C35H26Br2Cl3F9N12O7. The first kappa shape index (κ1) is 56.2. The summed E-state index contributed by atoms with van der Waals surface area (Å²) in [5, 5.41) is 5.67. The minimum absolute atomic E-state index is 0.0788. The number of nitrogens with one attached hydrogen (secondary N) is 4. The number of carbonyl (C=O) groups excluding carboxylic acids is 4. The van der Waals surface area contributed by atoms with Gasteiger partial charge in [-0.1, -0.05) is 34.8 Å². The molecule has 0 fully saturated rings. The van der Waals surface area contributed by atoms with Gasteiger partial charge < -0.3 is 32.4 Å². The number of halogens is 14. The molecule has 7 rings (SSSR count). The number of rotatable bonds is 3. The van der Waals surface area contributed by atoms with E-state index in [9.17, 15) is 73.1 Å². The number of aromatic amines is 1. The summed E-state index contributed by atoms with van der Waals surface area (Å²) in [6.07, 6.45) is -8.79. The lowest BCUT2D eigenvalue weighted by atomic mass is 10.2. The zero-order valence-corrected chi connectivity index (χ0v) is 39.1. The second-order valence-corrected chi connectivity index (χ2v) is 16.1. The number of carbonyl (C=O) groups is 4. The predicted molar refractivity (Wildman–Crippen MR) is 230 cm³/mol. The first-order chi connectivity index (χ1) is 31.1. The maximum absolute atomic E-state index is 13.4. The molecule has 2 aliphatic rings. The Labute approximate surface area is 404 Å². The number of hydrogen-bond acceptors (Lipinski definition) is 13. The maximum atomic E-state index is 13.4. The van der Waals surface area contributed by atoms with Crippen molar-refractivity contribution in [3.05, 3.63) is 128 Å². The molecule has 19 nitrogen and oxygen atoms in total. The Hall–Kier alpha value is -6.11. The van der Waals surface area contributed by atoms with E-state index in [-0.39, 0.29) is 41.2 Å². The van der Waals surface area contributed by atoms with Crippen LogP contribution in [0.1, 0.15) is 52.2 Å². The van der Waals surface area contributed by atoms with Gasteiger partial charge in [-0.05, 0) is 76.0 Å². The minimum Gasteiger partial charge on any atom is -0.384 e. The molecule has 33 heteroatoms. The van der Waals surface area contributed by atoms with Gasteiger partial charge in [-0.25, -0.2) is 19.9 Å². The third-order valence-corrected chi connectivity index (χ3v) is 10.5. The largest absolute Gasteiger partial charge is 0.449 e. The molecule has 0 radical (unpaired) electrons. The van der Waals surface area contributed by atoms with E-state index in [0.29, 0.717) is 35.7 Å². The van der Waals surface area contributed by atoms with Gasteiger partial charge in [0.05, 0.1) is 24.0 Å². The summed E-state index contributed by atoms with van der Waals surface area (Å²) in [7, 11) is 0. The molecule has 68 heavy (non-hydrogen) atoms. The average molecular weight is 1160 g/mol. The van der Waals surface area contributed by atoms with Gasteiger partial charge in [-0.2, -0.15) is 39.5 Å². The lowest BCUT2D eigenvalue weighted by Gasteiger charge is -2.29. The molecule has 0 aliphatic carbocycles. The van der Waals surface area contributed by atoms with Crippen molar-refractivity contribution in [2.75, 3.05) is 11.1 Å². The quantitative estimate of drug-likeness (QED) is 0.108. The van der Waals surface area contributed by atoms with Crippen LogP contribution in [0.5, 0.6) is 0 Å². The smallest absolute Gasteiger partial charge is 0.384 e. The van der Waals surface area contributed by atoms with E-state index < -0.39 is 81.4 Å². The summed E-state index contributed by atoms with van der Waals surface area (Å²) < 4.78 is 112. The van der Waals surface area contributed by atoms with Gasteiger partial charge in [0.15, 0.2) is 0 Å². The van der Waals surface area contributed by atoms with Crippen molar-refractivity contribution >= 4 is 107 Å². The van der Waals surface area contributed by atoms with Crippen LogP contribution in [-0.4, -0.2) is 76.1 Å². The molecule has 5 aromatic heterocycles. The Morgan fingerprint density at radius 2 is 1.16 bits per heavy atom. The van der Waals surface area contributed by atoms with E-state index in [1.54, 1.807) is 22.9 Å². The topological polar surface area (TPSA) is 285 Å². The number of aromatic nitrogens is 7. The Balaban J connectivity index is 0.000000245. The van der Waals surface area contributed by atoms with Gasteiger partial charge in [-0.15, -0.1) is 0 Å². The monoisotopic (exact) mass is 1160 g/mol. The number of amides is 3. The number of fused-ring (bicyclic) bond motifs is 2. The van der Waals surface area contributed by atoms with Crippen molar-refractivity contribution in [1.82, 2.24) is 44.7 Å². The number of nitrogens with two attached hydrogens (primary N) is 2. The van der Waals surface area contributed by atoms with E-state index in [4.69, 9.17) is 46.3 Å². The molecular weight excluding hydrogens is 1140 g/mol. The number of ketones is 1. The van der Waals surface area contributed by atoms with Gasteiger partial charge in [0.1, 0.15) is 47.1 Å². The van der Waals surface area contributed by atoms with Crippen LogP contribution in [0.2, 0.25) is 15.1 Å². The minimum atomic E-state index is -4.91. The van der Waals surface area contributed by atoms with Gasteiger partial charge in [0.25, 0.3) is 34.4 Å². The molecule has 0 bridgehead atoms. The second-order valence-electron chi connectivity index (χ2n) is 13.2. The number of H-pyrrole nitrogens is 1. The lowest BCUT2D eigenvalue weighted by molar-refractivity contribution is -0.213. The van der Waals surface area contributed by atoms with E-state index in [1.165, 1.54) is 31.0 Å². The van der Waals surface area contributed by atoms with Crippen molar-refractivity contribution in [2.24, 2.45) is 5.73 Å². The number of Topliss-reactive ketones (excluding diaryl/α,β-unsaturated/α-hetero) is 1. The Morgan fingerprint density at radius 1 is 0.721 bits per heavy atom. The summed E-state index contributed by atoms with van der Waals surface area (Å²) in [5.41, 5.74) is 0.575. The van der Waals surface area contributed by atoms with Gasteiger partial charge >= 0.3 is 18.5 Å². The van der Waals surface area contributed by atoms with Crippen LogP contribution in [0.3, 0.4) is 0 Å². The molecule has 2 atom stereocenters. The lowest BCUT2D eigenvalue weighted by Crippen LogP contribution is -2.55. The third kappa shape index (κ3) is 12.7. The zero-order valence-electron chi connectivity index (χ0n) is 33.7. The van der Waals surface area contributed by atoms with Gasteiger partial charge in [-0.3, -0.25) is 42.7 Å². The number of hydrogen-bond donors (Lipinski definition) is 6. The SMILES string of the molecule is CC(=O)C(F)(F)F.CC1(C(F)(F)F)NC(=O)c2c(Cl)cc(Br)c(=O)n21.CC1(C(F)(F)F)NC(=O)c2c(Cl)cc(Nc3ccncn3)c(=O)n21.NC(=O)c1[nH]c(=O)c(Br)cc1Cl.Nc1ccncn1. The van der Waals surface area contributed by atoms with Gasteiger partial charge in [0, 0.05) is 19.3 Å². The Bertz CT molecular complexity index is 2930. The number of nitrogen functional groups attached to an aromatic ring is 1. The van der Waals surface area contributed by atoms with E-state index >= 15 is 0 Å². The van der Waals surface area contributed by atoms with Crippen LogP contribution in [0, 0.1) is 0 Å². The number of primary amides is 1. The third-order valence-electron chi connectivity index (χ3n) is 8.45. The van der Waals surface area contributed by atoms with Crippen molar-refractivity contribution in [2.45, 2.75) is 50.6 Å². The van der Waals surface area contributed by atoms with Gasteiger partial charge in [0.2, 0.25) is 17.1 Å². The number of alkyl halides is 9.